The number of imide groups is 1. The van der Waals surface area contributed by atoms with Crippen LogP contribution in [-0.4, -0.2) is 22.6 Å². The number of hydrogen-bond acceptors (Lipinski definition) is 4. The van der Waals surface area contributed by atoms with Crippen LogP contribution >= 0.6 is 35.0 Å². The number of nitrogens with zero attached hydrogens (tertiary/aromatic N) is 1. The lowest BCUT2D eigenvalue weighted by molar-refractivity contribution is -0.122. The van der Waals surface area contributed by atoms with Crippen LogP contribution < -0.4 is 4.74 Å². The average Bonchev–Trinajstić information content (AvgIpc) is 2.91. The number of para-hydroxylation sites is 1. The molecule has 7 heteroatoms. The van der Waals surface area contributed by atoms with E-state index >= 15 is 0 Å². The molecule has 136 valence electrons. The monoisotopic (exact) mass is 417 g/mol. The predicted octanol–water partition coefficient (Wildman–Crippen LogP) is 5.24. The minimum absolute atomic E-state index is 0.0442. The zero-order valence-electron chi connectivity index (χ0n) is 13.9. The molecule has 0 N–H and O–H groups in total. The molecule has 1 heterocycles. The van der Waals surface area contributed by atoms with E-state index in [0.29, 0.717) is 26.3 Å². The summed E-state index contributed by atoms with van der Waals surface area (Å²) in [5, 5.41) is 0.551. The highest BCUT2D eigenvalue weighted by Gasteiger charge is 2.34. The molecular weight excluding hydrogens is 405 g/mol. The van der Waals surface area contributed by atoms with Crippen LogP contribution in [0.1, 0.15) is 11.1 Å². The maximum atomic E-state index is 12.3. The number of halogens is 2. The molecule has 27 heavy (non-hydrogen) atoms. The number of carbonyl (C=O) groups excluding carboxylic acids is 2. The van der Waals surface area contributed by atoms with Gasteiger partial charge in [0.15, 0.2) is 0 Å². The Morgan fingerprint density at radius 3 is 2.67 bits per heavy atom. The van der Waals surface area contributed by atoms with Gasteiger partial charge in [-0.05, 0) is 41.6 Å². The van der Waals surface area contributed by atoms with Crippen molar-refractivity contribution in [1.29, 1.82) is 0 Å². The van der Waals surface area contributed by atoms with Crippen LogP contribution in [-0.2, 0) is 11.4 Å². The second kappa shape index (κ2) is 8.53. The van der Waals surface area contributed by atoms with Gasteiger partial charge < -0.3 is 4.74 Å². The lowest BCUT2D eigenvalue weighted by Gasteiger charge is -2.10. The SMILES string of the molecule is C#CCN1C(=O)S/C(=C\c2ccccc2OCc2ccc(Cl)c(Cl)c2)C1=O. The van der Waals surface area contributed by atoms with E-state index in [2.05, 4.69) is 5.92 Å². The first kappa shape index (κ1) is 19.4. The summed E-state index contributed by atoms with van der Waals surface area (Å²) in [4.78, 5) is 25.6. The summed E-state index contributed by atoms with van der Waals surface area (Å²) in [6.07, 6.45) is 6.84. The van der Waals surface area contributed by atoms with Gasteiger partial charge in [0.1, 0.15) is 12.4 Å². The number of amides is 2. The van der Waals surface area contributed by atoms with Gasteiger partial charge in [0.2, 0.25) is 0 Å². The van der Waals surface area contributed by atoms with Gasteiger partial charge >= 0.3 is 0 Å². The summed E-state index contributed by atoms with van der Waals surface area (Å²) < 4.78 is 5.87. The van der Waals surface area contributed by atoms with Gasteiger partial charge in [-0.2, -0.15) is 0 Å². The lowest BCUT2D eigenvalue weighted by Crippen LogP contribution is -2.28. The first-order chi connectivity index (χ1) is 13.0. The molecule has 2 aromatic rings. The molecule has 3 rings (SSSR count). The van der Waals surface area contributed by atoms with Gasteiger partial charge in [-0.1, -0.05) is 53.4 Å². The second-order valence-corrected chi connectivity index (χ2v) is 7.35. The Morgan fingerprint density at radius 1 is 1.15 bits per heavy atom. The Balaban J connectivity index is 1.80. The standard InChI is InChI=1S/C20H13Cl2NO3S/c1-2-9-23-19(24)18(27-20(23)25)11-14-5-3-4-6-17(14)26-12-13-7-8-15(21)16(22)10-13/h1,3-8,10-11H,9,12H2/b18-11-. The Morgan fingerprint density at radius 2 is 1.93 bits per heavy atom. The highest BCUT2D eigenvalue weighted by Crippen LogP contribution is 2.34. The lowest BCUT2D eigenvalue weighted by atomic mass is 10.1. The first-order valence-corrected chi connectivity index (χ1v) is 9.41. The van der Waals surface area contributed by atoms with Gasteiger partial charge in [-0.15, -0.1) is 6.42 Å². The maximum absolute atomic E-state index is 12.3. The normalized spacial score (nSPS) is 15.3. The summed E-state index contributed by atoms with van der Waals surface area (Å²) >= 11 is 12.8. The fraction of sp³-hybridized carbons (Fsp3) is 0.100. The number of carbonyl (C=O) groups is 2. The second-order valence-electron chi connectivity index (χ2n) is 5.55. The van der Waals surface area contributed by atoms with Crippen LogP contribution in [0, 0.1) is 12.3 Å². The molecule has 1 aliphatic heterocycles. The molecule has 1 fully saturated rings. The average molecular weight is 418 g/mol. The fourth-order valence-electron chi connectivity index (χ4n) is 2.39. The number of terminal acetylenes is 1. The van der Waals surface area contributed by atoms with Gasteiger partial charge in [0.25, 0.3) is 11.1 Å². The van der Waals surface area contributed by atoms with E-state index in [4.69, 9.17) is 34.4 Å². The minimum atomic E-state index is -0.401. The number of hydrogen-bond donors (Lipinski definition) is 0. The third-order valence-electron chi connectivity index (χ3n) is 3.71. The van der Waals surface area contributed by atoms with E-state index in [1.165, 1.54) is 0 Å². The molecule has 0 aromatic heterocycles. The molecule has 1 aliphatic rings. The van der Waals surface area contributed by atoms with E-state index in [9.17, 15) is 9.59 Å². The van der Waals surface area contributed by atoms with Crippen molar-refractivity contribution in [3.63, 3.8) is 0 Å². The smallest absolute Gasteiger partial charge is 0.294 e. The van der Waals surface area contributed by atoms with Crippen molar-refractivity contribution in [3.8, 4) is 18.1 Å². The van der Waals surface area contributed by atoms with Crippen molar-refractivity contribution in [2.75, 3.05) is 6.54 Å². The molecular formula is C20H13Cl2NO3S. The highest BCUT2D eigenvalue weighted by atomic mass is 35.5. The van der Waals surface area contributed by atoms with Gasteiger partial charge in [-0.25, -0.2) is 0 Å². The van der Waals surface area contributed by atoms with Crippen molar-refractivity contribution in [2.45, 2.75) is 6.61 Å². The molecule has 1 saturated heterocycles. The molecule has 2 amide bonds. The molecule has 0 atom stereocenters. The van der Waals surface area contributed by atoms with E-state index in [-0.39, 0.29) is 18.4 Å². The summed E-state index contributed by atoms with van der Waals surface area (Å²) in [5.74, 6) is 2.49. The van der Waals surface area contributed by atoms with Crippen molar-refractivity contribution in [1.82, 2.24) is 4.90 Å². The molecule has 0 unspecified atom stereocenters. The van der Waals surface area contributed by atoms with Crippen LogP contribution in [0.5, 0.6) is 5.75 Å². The maximum Gasteiger partial charge on any atom is 0.294 e. The highest BCUT2D eigenvalue weighted by molar-refractivity contribution is 8.18. The Kier molecular flexibility index (Phi) is 6.12. The zero-order chi connectivity index (χ0) is 19.4. The number of rotatable bonds is 5. The molecule has 0 saturated carbocycles. The summed E-state index contributed by atoms with van der Waals surface area (Å²) in [6, 6.07) is 12.5. The number of thioether (sulfide) groups is 1. The fourth-order valence-corrected chi connectivity index (χ4v) is 3.54. The van der Waals surface area contributed by atoms with Crippen molar-refractivity contribution < 1.29 is 14.3 Å². The molecule has 0 spiro atoms. The third-order valence-corrected chi connectivity index (χ3v) is 5.35. The van der Waals surface area contributed by atoms with Crippen molar-refractivity contribution >= 4 is 52.2 Å². The number of ether oxygens (including phenoxy) is 1. The Bertz CT molecular complexity index is 981. The predicted molar refractivity (Wildman–Crippen MR) is 109 cm³/mol. The van der Waals surface area contributed by atoms with E-state index in [1.807, 2.05) is 18.2 Å². The van der Waals surface area contributed by atoms with Crippen molar-refractivity contribution in [3.05, 3.63) is 68.5 Å². The molecule has 4 nitrogen and oxygen atoms in total. The van der Waals surface area contributed by atoms with Crippen LogP contribution in [0.25, 0.3) is 6.08 Å². The third kappa shape index (κ3) is 4.48. The van der Waals surface area contributed by atoms with Crippen LogP contribution in [0.4, 0.5) is 4.79 Å². The molecule has 0 bridgehead atoms. The first-order valence-electron chi connectivity index (χ1n) is 7.84. The molecule has 0 radical (unpaired) electrons. The zero-order valence-corrected chi connectivity index (χ0v) is 16.3. The Hall–Kier alpha value is -2.39. The largest absolute Gasteiger partial charge is 0.488 e. The van der Waals surface area contributed by atoms with Crippen LogP contribution in [0.3, 0.4) is 0 Å². The summed E-state index contributed by atoms with van der Waals surface area (Å²) in [6.45, 7) is 0.234. The van der Waals surface area contributed by atoms with E-state index in [0.717, 1.165) is 22.2 Å². The number of benzene rings is 2. The topological polar surface area (TPSA) is 46.6 Å². The summed E-state index contributed by atoms with van der Waals surface area (Å²) in [7, 11) is 0. The quantitative estimate of drug-likeness (QED) is 0.492. The molecule has 0 aliphatic carbocycles. The minimum Gasteiger partial charge on any atom is -0.488 e. The summed E-state index contributed by atoms with van der Waals surface area (Å²) in [5.41, 5.74) is 1.54. The van der Waals surface area contributed by atoms with Gasteiger partial charge in [-0.3, -0.25) is 14.5 Å². The molecule has 2 aromatic carbocycles. The van der Waals surface area contributed by atoms with Gasteiger partial charge in [0.05, 0.1) is 21.5 Å². The van der Waals surface area contributed by atoms with E-state index in [1.54, 1.807) is 30.3 Å². The van der Waals surface area contributed by atoms with Crippen molar-refractivity contribution in [2.24, 2.45) is 0 Å². The van der Waals surface area contributed by atoms with E-state index < -0.39 is 5.91 Å². The Labute approximate surface area is 171 Å². The van der Waals surface area contributed by atoms with Crippen LogP contribution in [0.15, 0.2) is 47.4 Å². The van der Waals surface area contributed by atoms with Crippen LogP contribution in [0.2, 0.25) is 10.0 Å². The van der Waals surface area contributed by atoms with Gasteiger partial charge in [0, 0.05) is 5.56 Å².